The van der Waals surface area contributed by atoms with E-state index in [0.29, 0.717) is 11.5 Å². The van der Waals surface area contributed by atoms with Gasteiger partial charge in [0.2, 0.25) is 5.95 Å². The molecule has 102 valence electrons. The van der Waals surface area contributed by atoms with E-state index in [4.69, 9.17) is 0 Å². The molecule has 19 heavy (non-hydrogen) atoms. The molecule has 0 fully saturated rings. The van der Waals surface area contributed by atoms with Crippen LogP contribution < -0.4 is 5.32 Å². The van der Waals surface area contributed by atoms with Crippen molar-refractivity contribution in [1.82, 2.24) is 9.55 Å². The van der Waals surface area contributed by atoms with Gasteiger partial charge in [0.05, 0.1) is 5.69 Å². The minimum atomic E-state index is -0.205. The van der Waals surface area contributed by atoms with E-state index >= 15 is 0 Å². The van der Waals surface area contributed by atoms with Crippen LogP contribution in [0.4, 0.5) is 16.0 Å². The van der Waals surface area contributed by atoms with Crippen LogP contribution in [-0.4, -0.2) is 9.55 Å². The molecule has 0 aliphatic rings. The van der Waals surface area contributed by atoms with Gasteiger partial charge in [0.15, 0.2) is 0 Å². The molecule has 1 N–H and O–H groups in total. The molecule has 1 aromatic heterocycles. The highest BCUT2D eigenvalue weighted by atomic mass is 19.1. The maximum absolute atomic E-state index is 13.5. The van der Waals surface area contributed by atoms with Crippen molar-refractivity contribution in [1.29, 1.82) is 0 Å². The first-order valence-electron chi connectivity index (χ1n) is 6.52. The Kier molecular flexibility index (Phi) is 3.88. The average molecular weight is 261 g/mol. The van der Waals surface area contributed by atoms with Crippen molar-refractivity contribution in [2.45, 2.75) is 34.2 Å². The minimum Gasteiger partial charge on any atom is -0.326 e. The van der Waals surface area contributed by atoms with Gasteiger partial charge in [0.25, 0.3) is 0 Å². The van der Waals surface area contributed by atoms with Crippen LogP contribution in [0.3, 0.4) is 0 Å². The Labute approximate surface area is 113 Å². The van der Waals surface area contributed by atoms with Crippen molar-refractivity contribution in [3.8, 4) is 0 Å². The summed E-state index contributed by atoms with van der Waals surface area (Å²) in [7, 11) is 0. The molecule has 1 aromatic carbocycles. The lowest BCUT2D eigenvalue weighted by Gasteiger charge is -2.12. The molecule has 3 nitrogen and oxygen atoms in total. The van der Waals surface area contributed by atoms with Crippen LogP contribution in [0.5, 0.6) is 0 Å². The average Bonchev–Trinajstić information content (AvgIpc) is 2.63. The summed E-state index contributed by atoms with van der Waals surface area (Å²) in [6, 6.07) is 5.13. The van der Waals surface area contributed by atoms with Gasteiger partial charge >= 0.3 is 0 Å². The molecule has 0 spiro atoms. The van der Waals surface area contributed by atoms with E-state index in [1.807, 2.05) is 19.2 Å². The predicted molar refractivity (Wildman–Crippen MR) is 76.2 cm³/mol. The molecule has 0 aliphatic carbocycles. The maximum Gasteiger partial charge on any atom is 0.207 e. The minimum absolute atomic E-state index is 0.205. The number of hydrogen-bond donors (Lipinski definition) is 1. The Morgan fingerprint density at radius 1 is 1.32 bits per heavy atom. The van der Waals surface area contributed by atoms with Gasteiger partial charge in [-0.25, -0.2) is 9.37 Å². The molecule has 0 aliphatic heterocycles. The molecule has 0 atom stereocenters. The number of hydrogen-bond acceptors (Lipinski definition) is 2. The summed E-state index contributed by atoms with van der Waals surface area (Å²) in [6.07, 6.45) is 2.01. The third-order valence-electron chi connectivity index (χ3n) is 2.89. The number of aryl methyl sites for hydroxylation is 2. The highest BCUT2D eigenvalue weighted by Gasteiger charge is 2.08. The van der Waals surface area contributed by atoms with Gasteiger partial charge in [0, 0.05) is 18.4 Å². The number of anilines is 2. The predicted octanol–water partition coefficient (Wildman–Crippen LogP) is 4.04. The topological polar surface area (TPSA) is 29.9 Å². The van der Waals surface area contributed by atoms with Crippen molar-refractivity contribution < 1.29 is 4.39 Å². The summed E-state index contributed by atoms with van der Waals surface area (Å²) in [5.74, 6) is 1.09. The monoisotopic (exact) mass is 261 g/mol. The van der Waals surface area contributed by atoms with Gasteiger partial charge in [-0.2, -0.15) is 0 Å². The molecular weight excluding hydrogens is 241 g/mol. The van der Waals surface area contributed by atoms with Gasteiger partial charge in [-0.05, 0) is 37.5 Å². The number of aromatic nitrogens is 2. The summed E-state index contributed by atoms with van der Waals surface area (Å²) in [5, 5.41) is 3.18. The van der Waals surface area contributed by atoms with Crippen LogP contribution in [0, 0.1) is 25.6 Å². The van der Waals surface area contributed by atoms with Crippen molar-refractivity contribution in [3.05, 3.63) is 41.5 Å². The first-order valence-corrected chi connectivity index (χ1v) is 6.52. The van der Waals surface area contributed by atoms with Crippen LogP contribution in [0.25, 0.3) is 0 Å². The third kappa shape index (κ3) is 3.34. The van der Waals surface area contributed by atoms with Crippen LogP contribution in [0.1, 0.15) is 25.1 Å². The number of nitrogens with one attached hydrogen (secondary N) is 1. The lowest BCUT2D eigenvalue weighted by molar-refractivity contribution is 0.527. The van der Waals surface area contributed by atoms with Crippen molar-refractivity contribution in [2.75, 3.05) is 5.32 Å². The molecule has 1 heterocycles. The Balaban J connectivity index is 2.24. The Hall–Kier alpha value is -1.84. The summed E-state index contributed by atoms with van der Waals surface area (Å²) in [5.41, 5.74) is 2.32. The van der Waals surface area contributed by atoms with Crippen molar-refractivity contribution >= 4 is 11.6 Å². The normalized spacial score (nSPS) is 11.1. The first-order chi connectivity index (χ1) is 8.95. The molecule has 2 aromatic rings. The Bertz CT molecular complexity index is 573. The first kappa shape index (κ1) is 13.6. The fourth-order valence-corrected chi connectivity index (χ4v) is 1.98. The van der Waals surface area contributed by atoms with Gasteiger partial charge in [-0.15, -0.1) is 0 Å². The van der Waals surface area contributed by atoms with E-state index in [-0.39, 0.29) is 5.82 Å². The fraction of sp³-hybridized carbons (Fsp3) is 0.400. The molecule has 4 heteroatoms. The zero-order valence-electron chi connectivity index (χ0n) is 11.9. The highest BCUT2D eigenvalue weighted by Crippen LogP contribution is 2.20. The molecule has 0 bridgehead atoms. The van der Waals surface area contributed by atoms with Gasteiger partial charge in [-0.1, -0.05) is 19.9 Å². The smallest absolute Gasteiger partial charge is 0.207 e. The second-order valence-corrected chi connectivity index (χ2v) is 5.34. The summed E-state index contributed by atoms with van der Waals surface area (Å²) in [4.78, 5) is 4.44. The standard InChI is InChI=1S/C15H20FN3/c1-10(2)8-19-9-12(4)17-15(19)18-13-6-5-11(3)14(16)7-13/h5-7,9-10H,8H2,1-4H3,(H,17,18). The van der Waals surface area contributed by atoms with Crippen molar-refractivity contribution in [2.24, 2.45) is 5.92 Å². The van der Waals surface area contributed by atoms with Gasteiger partial charge < -0.3 is 9.88 Å². The van der Waals surface area contributed by atoms with Crippen LogP contribution in [-0.2, 0) is 6.54 Å². The largest absolute Gasteiger partial charge is 0.326 e. The zero-order valence-corrected chi connectivity index (χ0v) is 11.9. The lowest BCUT2D eigenvalue weighted by atomic mass is 10.2. The Morgan fingerprint density at radius 2 is 2.05 bits per heavy atom. The van der Waals surface area contributed by atoms with E-state index in [9.17, 15) is 4.39 Å². The third-order valence-corrected chi connectivity index (χ3v) is 2.89. The van der Waals surface area contributed by atoms with E-state index in [1.165, 1.54) is 6.07 Å². The molecular formula is C15H20FN3. The number of nitrogens with zero attached hydrogens (tertiary/aromatic N) is 2. The van der Waals surface area contributed by atoms with E-state index in [1.54, 1.807) is 13.0 Å². The molecule has 0 amide bonds. The molecule has 0 unspecified atom stereocenters. The van der Waals surface area contributed by atoms with E-state index in [0.717, 1.165) is 23.9 Å². The number of rotatable bonds is 4. The number of benzene rings is 1. The second-order valence-electron chi connectivity index (χ2n) is 5.34. The van der Waals surface area contributed by atoms with Crippen molar-refractivity contribution in [3.63, 3.8) is 0 Å². The Morgan fingerprint density at radius 3 is 2.68 bits per heavy atom. The molecule has 0 saturated heterocycles. The number of imidazole rings is 1. The highest BCUT2D eigenvalue weighted by molar-refractivity contribution is 5.54. The molecule has 2 rings (SSSR count). The van der Waals surface area contributed by atoms with Crippen LogP contribution in [0.15, 0.2) is 24.4 Å². The molecule has 0 saturated carbocycles. The zero-order chi connectivity index (χ0) is 14.0. The quantitative estimate of drug-likeness (QED) is 0.900. The van der Waals surface area contributed by atoms with Gasteiger partial charge in [0.1, 0.15) is 5.82 Å². The van der Waals surface area contributed by atoms with Crippen LogP contribution >= 0.6 is 0 Å². The fourth-order valence-electron chi connectivity index (χ4n) is 1.98. The van der Waals surface area contributed by atoms with E-state index < -0.39 is 0 Å². The van der Waals surface area contributed by atoms with Crippen LogP contribution in [0.2, 0.25) is 0 Å². The summed E-state index contributed by atoms with van der Waals surface area (Å²) in [6.45, 7) is 8.91. The maximum atomic E-state index is 13.5. The lowest BCUT2D eigenvalue weighted by Crippen LogP contribution is -2.07. The van der Waals surface area contributed by atoms with E-state index in [2.05, 4.69) is 28.7 Å². The number of halogens is 1. The SMILES string of the molecule is Cc1cn(CC(C)C)c(Nc2ccc(C)c(F)c2)n1. The second kappa shape index (κ2) is 5.43. The summed E-state index contributed by atoms with van der Waals surface area (Å²) >= 11 is 0. The van der Waals surface area contributed by atoms with Gasteiger partial charge in [-0.3, -0.25) is 0 Å². The summed E-state index contributed by atoms with van der Waals surface area (Å²) < 4.78 is 15.6. The molecule has 0 radical (unpaired) electrons.